The zero-order valence-electron chi connectivity index (χ0n) is 7.59. The maximum absolute atomic E-state index is 11.2. The van der Waals surface area contributed by atoms with Gasteiger partial charge in [0.05, 0.1) is 0 Å². The normalized spacial score (nSPS) is 10.4. The summed E-state index contributed by atoms with van der Waals surface area (Å²) in [6.07, 6.45) is 0.612. The van der Waals surface area contributed by atoms with Crippen LogP contribution in [0.5, 0.6) is 0 Å². The van der Waals surface area contributed by atoms with Crippen LogP contribution in [0, 0.1) is 0 Å². The Kier molecular flexibility index (Phi) is 6.11. The third-order valence-corrected chi connectivity index (χ3v) is 1.84. The second-order valence-corrected chi connectivity index (χ2v) is 3.16. The van der Waals surface area contributed by atoms with E-state index < -0.39 is 0 Å². The Morgan fingerprint density at radius 3 is 2.50 bits per heavy atom. The summed E-state index contributed by atoms with van der Waals surface area (Å²) in [5, 5.41) is 8.58. The van der Waals surface area contributed by atoms with Crippen LogP contribution in [0.4, 0.5) is 0 Å². The predicted octanol–water partition coefficient (Wildman–Crippen LogP) is 0.845. The lowest BCUT2D eigenvalue weighted by molar-refractivity contribution is -0.130. The SMILES string of the molecule is CC(C)N(CCCO)C(=O)CCl. The standard InChI is InChI=1S/C8H16ClNO2/c1-7(2)10(4-3-5-11)8(12)6-9/h7,11H,3-6H2,1-2H3. The number of hydrogen-bond donors (Lipinski definition) is 1. The Morgan fingerprint density at radius 1 is 1.58 bits per heavy atom. The van der Waals surface area contributed by atoms with E-state index in [4.69, 9.17) is 16.7 Å². The highest BCUT2D eigenvalue weighted by Crippen LogP contribution is 2.01. The van der Waals surface area contributed by atoms with Crippen molar-refractivity contribution in [3.8, 4) is 0 Å². The van der Waals surface area contributed by atoms with Gasteiger partial charge in [-0.05, 0) is 20.3 Å². The summed E-state index contributed by atoms with van der Waals surface area (Å²) >= 11 is 5.42. The van der Waals surface area contributed by atoms with Gasteiger partial charge in [0.15, 0.2) is 0 Å². The van der Waals surface area contributed by atoms with Crippen molar-refractivity contribution < 1.29 is 9.90 Å². The fraction of sp³-hybridized carbons (Fsp3) is 0.875. The third kappa shape index (κ3) is 3.93. The van der Waals surface area contributed by atoms with Crippen LogP contribution in [0.15, 0.2) is 0 Å². The quantitative estimate of drug-likeness (QED) is 0.658. The van der Waals surface area contributed by atoms with Crippen molar-refractivity contribution in [3.63, 3.8) is 0 Å². The van der Waals surface area contributed by atoms with Crippen molar-refractivity contribution in [2.45, 2.75) is 26.3 Å². The lowest BCUT2D eigenvalue weighted by Gasteiger charge is -2.25. The Hall–Kier alpha value is -0.280. The molecule has 0 saturated heterocycles. The summed E-state index contributed by atoms with van der Waals surface area (Å²) in [7, 11) is 0. The monoisotopic (exact) mass is 193 g/mol. The van der Waals surface area contributed by atoms with Gasteiger partial charge in [-0.2, -0.15) is 0 Å². The molecule has 72 valence electrons. The average molecular weight is 194 g/mol. The Balaban J connectivity index is 3.95. The summed E-state index contributed by atoms with van der Waals surface area (Å²) in [6, 6.07) is 0.155. The molecule has 0 radical (unpaired) electrons. The number of carbonyl (C=O) groups is 1. The highest BCUT2D eigenvalue weighted by atomic mass is 35.5. The lowest BCUT2D eigenvalue weighted by atomic mass is 10.3. The number of hydrogen-bond acceptors (Lipinski definition) is 2. The minimum Gasteiger partial charge on any atom is -0.396 e. The van der Waals surface area contributed by atoms with Gasteiger partial charge in [-0.15, -0.1) is 11.6 Å². The van der Waals surface area contributed by atoms with Gasteiger partial charge in [0, 0.05) is 19.2 Å². The van der Waals surface area contributed by atoms with Crippen molar-refractivity contribution in [2.24, 2.45) is 0 Å². The number of alkyl halides is 1. The maximum atomic E-state index is 11.2. The average Bonchev–Trinajstić information content (AvgIpc) is 2.04. The van der Waals surface area contributed by atoms with Gasteiger partial charge < -0.3 is 10.0 Å². The molecule has 0 aliphatic heterocycles. The predicted molar refractivity (Wildman–Crippen MR) is 49.3 cm³/mol. The van der Waals surface area contributed by atoms with Crippen molar-refractivity contribution in [3.05, 3.63) is 0 Å². The zero-order valence-corrected chi connectivity index (χ0v) is 8.34. The van der Waals surface area contributed by atoms with Gasteiger partial charge in [-0.1, -0.05) is 0 Å². The molecule has 0 fully saturated rings. The number of aliphatic hydroxyl groups is 1. The Morgan fingerprint density at radius 2 is 2.17 bits per heavy atom. The molecule has 0 spiro atoms. The molecule has 1 N–H and O–H groups in total. The third-order valence-electron chi connectivity index (χ3n) is 1.62. The number of rotatable bonds is 5. The van der Waals surface area contributed by atoms with E-state index in [-0.39, 0.29) is 24.4 Å². The van der Waals surface area contributed by atoms with Crippen LogP contribution < -0.4 is 0 Å². The topological polar surface area (TPSA) is 40.5 Å². The number of nitrogens with zero attached hydrogens (tertiary/aromatic N) is 1. The molecule has 4 heteroatoms. The first-order valence-electron chi connectivity index (χ1n) is 4.09. The van der Waals surface area contributed by atoms with Crippen LogP contribution in [0.1, 0.15) is 20.3 Å². The molecule has 0 aliphatic rings. The number of halogens is 1. The first kappa shape index (κ1) is 11.7. The van der Waals surface area contributed by atoms with Crippen molar-refractivity contribution in [2.75, 3.05) is 19.0 Å². The minimum absolute atomic E-state index is 0.0175. The van der Waals surface area contributed by atoms with Gasteiger partial charge in [0.1, 0.15) is 5.88 Å². The highest BCUT2D eigenvalue weighted by Gasteiger charge is 2.14. The molecule has 0 aliphatic carbocycles. The molecule has 0 rings (SSSR count). The molecule has 0 bridgehead atoms. The molecule has 0 unspecified atom stereocenters. The van der Waals surface area contributed by atoms with Crippen LogP contribution in [-0.4, -0.2) is 41.0 Å². The van der Waals surface area contributed by atoms with Gasteiger partial charge in [-0.25, -0.2) is 0 Å². The Labute approximate surface area is 78.3 Å². The fourth-order valence-electron chi connectivity index (χ4n) is 0.989. The molecule has 1 amide bonds. The minimum atomic E-state index is -0.0693. The molecule has 0 aromatic rings. The van der Waals surface area contributed by atoms with E-state index in [2.05, 4.69) is 0 Å². The van der Waals surface area contributed by atoms with Crippen LogP contribution >= 0.6 is 11.6 Å². The van der Waals surface area contributed by atoms with E-state index in [1.165, 1.54) is 0 Å². The fourth-order valence-corrected chi connectivity index (χ4v) is 1.14. The van der Waals surface area contributed by atoms with Crippen LogP contribution in [0.2, 0.25) is 0 Å². The highest BCUT2D eigenvalue weighted by molar-refractivity contribution is 6.27. The van der Waals surface area contributed by atoms with E-state index in [1.807, 2.05) is 13.8 Å². The molecular weight excluding hydrogens is 178 g/mol. The van der Waals surface area contributed by atoms with Gasteiger partial charge in [0.25, 0.3) is 0 Å². The molecular formula is C8H16ClNO2. The molecule has 3 nitrogen and oxygen atoms in total. The first-order chi connectivity index (χ1) is 5.63. The summed E-state index contributed by atoms with van der Waals surface area (Å²) in [5.74, 6) is -0.0519. The number of carbonyl (C=O) groups excluding carboxylic acids is 1. The summed E-state index contributed by atoms with van der Waals surface area (Å²) < 4.78 is 0. The van der Waals surface area contributed by atoms with Gasteiger partial charge >= 0.3 is 0 Å². The second kappa shape index (κ2) is 6.26. The van der Waals surface area contributed by atoms with E-state index in [0.717, 1.165) is 0 Å². The van der Waals surface area contributed by atoms with E-state index in [0.29, 0.717) is 13.0 Å². The zero-order chi connectivity index (χ0) is 9.56. The van der Waals surface area contributed by atoms with Crippen molar-refractivity contribution >= 4 is 17.5 Å². The summed E-state index contributed by atoms with van der Waals surface area (Å²) in [5.41, 5.74) is 0. The molecule has 0 aromatic carbocycles. The number of amides is 1. The smallest absolute Gasteiger partial charge is 0.237 e. The molecule has 0 saturated carbocycles. The number of aliphatic hydroxyl groups excluding tert-OH is 1. The largest absolute Gasteiger partial charge is 0.396 e. The van der Waals surface area contributed by atoms with E-state index >= 15 is 0 Å². The van der Waals surface area contributed by atoms with Gasteiger partial charge in [0.2, 0.25) is 5.91 Å². The lowest BCUT2D eigenvalue weighted by Crippen LogP contribution is -2.38. The van der Waals surface area contributed by atoms with E-state index in [9.17, 15) is 4.79 Å². The van der Waals surface area contributed by atoms with Gasteiger partial charge in [-0.3, -0.25) is 4.79 Å². The van der Waals surface area contributed by atoms with Crippen LogP contribution in [0.3, 0.4) is 0 Å². The molecule has 0 atom stereocenters. The van der Waals surface area contributed by atoms with E-state index in [1.54, 1.807) is 4.90 Å². The maximum Gasteiger partial charge on any atom is 0.237 e. The molecule has 0 heterocycles. The van der Waals surface area contributed by atoms with Crippen molar-refractivity contribution in [1.82, 2.24) is 4.90 Å². The Bertz CT molecular complexity index is 139. The summed E-state index contributed by atoms with van der Waals surface area (Å²) in [4.78, 5) is 12.8. The van der Waals surface area contributed by atoms with Crippen LogP contribution in [0.25, 0.3) is 0 Å². The molecule has 0 aromatic heterocycles. The van der Waals surface area contributed by atoms with Crippen molar-refractivity contribution in [1.29, 1.82) is 0 Å². The molecule has 12 heavy (non-hydrogen) atoms. The summed E-state index contributed by atoms with van der Waals surface area (Å²) in [6.45, 7) is 4.56. The van der Waals surface area contributed by atoms with Crippen LogP contribution in [-0.2, 0) is 4.79 Å². The first-order valence-corrected chi connectivity index (χ1v) is 4.63. The second-order valence-electron chi connectivity index (χ2n) is 2.89.